The van der Waals surface area contributed by atoms with Crippen LogP contribution in [-0.2, 0) is 9.47 Å². The molecule has 8 heteroatoms. The van der Waals surface area contributed by atoms with Crippen LogP contribution in [0.5, 0.6) is 0 Å². The van der Waals surface area contributed by atoms with E-state index in [-0.39, 0.29) is 6.61 Å². The van der Waals surface area contributed by atoms with Gasteiger partial charge in [0, 0.05) is 12.2 Å². The van der Waals surface area contributed by atoms with Gasteiger partial charge in [-0.25, -0.2) is 4.79 Å². The Morgan fingerprint density at radius 2 is 1.77 bits per heavy atom. The number of hydrogen-bond acceptors (Lipinski definition) is 8. The van der Waals surface area contributed by atoms with Crippen LogP contribution >= 0.6 is 0 Å². The smallest absolute Gasteiger partial charge is 0.338 e. The fraction of sp³-hybridized carbons (Fsp3) is 0.611. The van der Waals surface area contributed by atoms with Crippen LogP contribution in [0, 0.1) is 0 Å². The predicted octanol–water partition coefficient (Wildman–Crippen LogP) is 0.245. The number of carbonyl (C=O) groups is 1. The number of unbranched alkanes of at least 4 members (excludes halogenated alkanes) is 2. The number of esters is 1. The lowest BCUT2D eigenvalue weighted by Crippen LogP contribution is -2.58. The number of carbonyl (C=O) groups excluding carboxylic acids is 1. The molecule has 0 amide bonds. The maximum absolute atomic E-state index is 12.1. The van der Waals surface area contributed by atoms with Gasteiger partial charge in [-0.1, -0.05) is 19.8 Å². The van der Waals surface area contributed by atoms with Gasteiger partial charge in [-0.05, 0) is 30.7 Å². The Kier molecular flexibility index (Phi) is 7.80. The molecule has 1 aliphatic rings. The third kappa shape index (κ3) is 5.39. The highest BCUT2D eigenvalue weighted by molar-refractivity contribution is 5.89. The van der Waals surface area contributed by atoms with Crippen molar-refractivity contribution in [3.05, 3.63) is 29.8 Å². The Balaban J connectivity index is 1.82. The van der Waals surface area contributed by atoms with E-state index in [0.29, 0.717) is 5.56 Å². The highest BCUT2D eigenvalue weighted by atomic mass is 16.6. The number of rotatable bonds is 8. The summed E-state index contributed by atoms with van der Waals surface area (Å²) in [5.74, 6) is -0.617. The molecule has 2 rings (SSSR count). The summed E-state index contributed by atoms with van der Waals surface area (Å²) in [6, 6.07) is 6.79. The Hall–Kier alpha value is -1.71. The number of hydrogen-bond donors (Lipinski definition) is 5. The Morgan fingerprint density at radius 3 is 2.42 bits per heavy atom. The van der Waals surface area contributed by atoms with E-state index >= 15 is 0 Å². The van der Waals surface area contributed by atoms with E-state index in [1.54, 1.807) is 24.3 Å². The average molecular weight is 369 g/mol. The lowest BCUT2D eigenvalue weighted by atomic mass is 9.99. The van der Waals surface area contributed by atoms with Crippen LogP contribution in [0.15, 0.2) is 24.3 Å². The molecule has 26 heavy (non-hydrogen) atoms. The summed E-state index contributed by atoms with van der Waals surface area (Å²) in [6.07, 6.45) is -4.07. The zero-order valence-corrected chi connectivity index (χ0v) is 14.7. The quantitative estimate of drug-likeness (QED) is 0.326. The number of nitrogens with one attached hydrogen (secondary N) is 1. The fourth-order valence-electron chi connectivity index (χ4n) is 2.64. The van der Waals surface area contributed by atoms with Crippen molar-refractivity contribution in [1.29, 1.82) is 0 Å². The van der Waals surface area contributed by atoms with Gasteiger partial charge in [-0.3, -0.25) is 0 Å². The summed E-state index contributed by atoms with van der Waals surface area (Å²) in [7, 11) is 0. The normalized spacial score (nSPS) is 28.6. The third-order valence-electron chi connectivity index (χ3n) is 4.30. The van der Waals surface area contributed by atoms with Crippen molar-refractivity contribution in [2.75, 3.05) is 18.5 Å². The fourth-order valence-corrected chi connectivity index (χ4v) is 2.64. The van der Waals surface area contributed by atoms with Gasteiger partial charge in [0.25, 0.3) is 0 Å². The summed E-state index contributed by atoms with van der Waals surface area (Å²) in [4.78, 5) is 12.1. The molecule has 1 aromatic carbocycles. The van der Waals surface area contributed by atoms with E-state index in [0.717, 1.165) is 31.5 Å². The first-order valence-electron chi connectivity index (χ1n) is 8.82. The first-order valence-corrected chi connectivity index (χ1v) is 8.82. The van der Waals surface area contributed by atoms with Crippen LogP contribution in [0.25, 0.3) is 0 Å². The van der Waals surface area contributed by atoms with E-state index in [2.05, 4.69) is 12.2 Å². The van der Waals surface area contributed by atoms with Crippen molar-refractivity contribution >= 4 is 11.7 Å². The minimum atomic E-state index is -1.66. The maximum Gasteiger partial charge on any atom is 0.338 e. The minimum Gasteiger partial charge on any atom is -0.459 e. The number of ether oxygens (including phenoxy) is 2. The molecular weight excluding hydrogens is 342 g/mol. The molecule has 0 aliphatic carbocycles. The predicted molar refractivity (Wildman–Crippen MR) is 93.6 cm³/mol. The van der Waals surface area contributed by atoms with E-state index in [1.165, 1.54) is 0 Å². The Bertz CT molecular complexity index is 565. The highest BCUT2D eigenvalue weighted by Crippen LogP contribution is 2.20. The number of aliphatic hydroxyl groups excluding tert-OH is 4. The SMILES string of the molecule is CCCCCNc1ccc(C(=O)OCC2O[C@H](O)C(O)[C@@H](O)[C@@H]2O)cc1. The summed E-state index contributed by atoms with van der Waals surface area (Å²) in [5, 5.41) is 41.6. The summed E-state index contributed by atoms with van der Waals surface area (Å²) in [5.41, 5.74) is 1.24. The van der Waals surface area contributed by atoms with Gasteiger partial charge >= 0.3 is 5.97 Å². The maximum atomic E-state index is 12.1. The topological polar surface area (TPSA) is 128 Å². The molecular formula is C18H27NO7. The van der Waals surface area contributed by atoms with Crippen molar-refractivity contribution in [2.24, 2.45) is 0 Å². The molecule has 1 aliphatic heterocycles. The molecule has 0 spiro atoms. The van der Waals surface area contributed by atoms with Gasteiger partial charge in [-0.2, -0.15) is 0 Å². The standard InChI is InChI=1S/C18H27NO7/c1-2-3-4-9-19-12-7-5-11(6-8-12)17(23)25-10-13-14(20)15(21)16(22)18(24)26-13/h5-8,13-16,18-22,24H,2-4,9-10H2,1H3/t13?,14-,15+,16?,18+/m1/s1. The number of anilines is 1. The van der Waals surface area contributed by atoms with E-state index < -0.39 is 36.7 Å². The molecule has 5 N–H and O–H groups in total. The van der Waals surface area contributed by atoms with Gasteiger partial charge in [0.05, 0.1) is 5.56 Å². The Morgan fingerprint density at radius 1 is 1.08 bits per heavy atom. The van der Waals surface area contributed by atoms with E-state index in [4.69, 9.17) is 9.47 Å². The van der Waals surface area contributed by atoms with Crippen LogP contribution in [0.1, 0.15) is 36.5 Å². The van der Waals surface area contributed by atoms with Crippen LogP contribution in [0.3, 0.4) is 0 Å². The lowest BCUT2D eigenvalue weighted by molar-refractivity contribution is -0.286. The van der Waals surface area contributed by atoms with Crippen LogP contribution in [0.2, 0.25) is 0 Å². The van der Waals surface area contributed by atoms with Crippen molar-refractivity contribution in [3.8, 4) is 0 Å². The van der Waals surface area contributed by atoms with Crippen molar-refractivity contribution in [1.82, 2.24) is 0 Å². The summed E-state index contributed by atoms with van der Waals surface area (Å²) >= 11 is 0. The van der Waals surface area contributed by atoms with Crippen molar-refractivity contribution < 1.29 is 34.7 Å². The molecule has 1 saturated heterocycles. The highest BCUT2D eigenvalue weighted by Gasteiger charge is 2.43. The molecule has 1 fully saturated rings. The molecule has 2 unspecified atom stereocenters. The Labute approximate surface area is 152 Å². The molecule has 0 aromatic heterocycles. The molecule has 146 valence electrons. The van der Waals surface area contributed by atoms with Gasteiger partial charge < -0.3 is 35.2 Å². The first-order chi connectivity index (χ1) is 12.4. The number of benzene rings is 1. The zero-order valence-electron chi connectivity index (χ0n) is 14.7. The molecule has 8 nitrogen and oxygen atoms in total. The minimum absolute atomic E-state index is 0.329. The van der Waals surface area contributed by atoms with E-state index in [9.17, 15) is 25.2 Å². The van der Waals surface area contributed by atoms with Gasteiger partial charge in [0.1, 0.15) is 31.0 Å². The molecule has 1 heterocycles. The largest absolute Gasteiger partial charge is 0.459 e. The second-order valence-corrected chi connectivity index (χ2v) is 6.35. The second kappa shape index (κ2) is 9.84. The van der Waals surface area contributed by atoms with Crippen LogP contribution in [0.4, 0.5) is 5.69 Å². The molecule has 5 atom stereocenters. The second-order valence-electron chi connectivity index (χ2n) is 6.35. The van der Waals surface area contributed by atoms with Crippen molar-refractivity contribution in [3.63, 3.8) is 0 Å². The van der Waals surface area contributed by atoms with Crippen LogP contribution < -0.4 is 5.32 Å². The third-order valence-corrected chi connectivity index (χ3v) is 4.30. The molecule has 0 bridgehead atoms. The monoisotopic (exact) mass is 369 g/mol. The number of aliphatic hydroxyl groups is 4. The van der Waals surface area contributed by atoms with Crippen molar-refractivity contribution in [2.45, 2.75) is 56.9 Å². The van der Waals surface area contributed by atoms with E-state index in [1.807, 2.05) is 0 Å². The molecule has 1 aromatic rings. The van der Waals surface area contributed by atoms with Crippen LogP contribution in [-0.4, -0.2) is 70.3 Å². The summed E-state index contributed by atoms with van der Waals surface area (Å²) in [6.45, 7) is 2.64. The lowest BCUT2D eigenvalue weighted by Gasteiger charge is -2.37. The zero-order chi connectivity index (χ0) is 19.1. The molecule has 0 radical (unpaired) electrons. The average Bonchev–Trinajstić information content (AvgIpc) is 2.65. The van der Waals surface area contributed by atoms with Gasteiger partial charge in [0.2, 0.25) is 0 Å². The summed E-state index contributed by atoms with van der Waals surface area (Å²) < 4.78 is 10.0. The van der Waals surface area contributed by atoms with Gasteiger partial charge in [-0.15, -0.1) is 0 Å². The van der Waals surface area contributed by atoms with Gasteiger partial charge in [0.15, 0.2) is 6.29 Å². The molecule has 0 saturated carbocycles. The first kappa shape index (κ1) is 20.6.